The topological polar surface area (TPSA) is 60.4 Å². The minimum absolute atomic E-state index is 0.368. The Kier molecular flexibility index (Phi) is 2.64. The number of imidazole rings is 1. The Bertz CT molecular complexity index is 542. The molecular weight excluding hydrogens is 202 g/mol. The summed E-state index contributed by atoms with van der Waals surface area (Å²) in [5.74, 6) is 0.440. The van der Waals surface area contributed by atoms with E-state index in [0.29, 0.717) is 5.69 Å². The number of aromatic nitrogens is 2. The molecule has 0 aliphatic rings. The first-order chi connectivity index (χ1) is 7.65. The second kappa shape index (κ2) is 3.96. The third-order valence-electron chi connectivity index (χ3n) is 2.63. The number of hydrogen-bond donors (Lipinski definition) is 1. The SMILES string of the molecule is CCCc1nc(C(N)=O)c2cccc(C)n12. The van der Waals surface area contributed by atoms with Crippen LogP contribution >= 0.6 is 0 Å². The van der Waals surface area contributed by atoms with Gasteiger partial charge in [0.25, 0.3) is 5.91 Å². The lowest BCUT2D eigenvalue weighted by molar-refractivity contribution is 0.0997. The summed E-state index contributed by atoms with van der Waals surface area (Å²) in [6.45, 7) is 4.09. The van der Waals surface area contributed by atoms with Crippen molar-refractivity contribution < 1.29 is 4.79 Å². The number of amides is 1. The molecule has 4 heteroatoms. The van der Waals surface area contributed by atoms with Crippen molar-refractivity contribution in [3.8, 4) is 0 Å². The first kappa shape index (κ1) is 10.7. The van der Waals surface area contributed by atoms with Gasteiger partial charge in [-0.25, -0.2) is 4.98 Å². The van der Waals surface area contributed by atoms with Gasteiger partial charge in [-0.05, 0) is 25.5 Å². The van der Waals surface area contributed by atoms with Crippen molar-refractivity contribution >= 4 is 11.4 Å². The first-order valence-corrected chi connectivity index (χ1v) is 5.42. The zero-order valence-corrected chi connectivity index (χ0v) is 9.53. The van der Waals surface area contributed by atoms with E-state index in [1.165, 1.54) is 0 Å². The summed E-state index contributed by atoms with van der Waals surface area (Å²) in [5.41, 5.74) is 7.56. The van der Waals surface area contributed by atoms with Crippen LogP contribution in [-0.4, -0.2) is 15.3 Å². The van der Waals surface area contributed by atoms with E-state index < -0.39 is 5.91 Å². The monoisotopic (exact) mass is 217 g/mol. The van der Waals surface area contributed by atoms with Gasteiger partial charge in [0.1, 0.15) is 5.82 Å². The summed E-state index contributed by atoms with van der Waals surface area (Å²) < 4.78 is 2.00. The second-order valence-electron chi connectivity index (χ2n) is 3.88. The minimum atomic E-state index is -0.467. The lowest BCUT2D eigenvalue weighted by Crippen LogP contribution is -2.11. The molecule has 0 aromatic carbocycles. The summed E-state index contributed by atoms with van der Waals surface area (Å²) in [7, 11) is 0. The van der Waals surface area contributed by atoms with Gasteiger partial charge in [-0.15, -0.1) is 0 Å². The number of aryl methyl sites for hydroxylation is 2. The standard InChI is InChI=1S/C12H15N3O/c1-3-5-10-14-11(12(13)16)9-7-4-6-8(2)15(9)10/h4,6-7H,3,5H2,1-2H3,(H2,13,16). The average Bonchev–Trinajstić information content (AvgIpc) is 2.59. The average molecular weight is 217 g/mol. The van der Waals surface area contributed by atoms with Crippen LogP contribution in [-0.2, 0) is 6.42 Å². The number of nitrogens with two attached hydrogens (primary N) is 1. The minimum Gasteiger partial charge on any atom is -0.364 e. The molecule has 0 radical (unpaired) electrons. The van der Waals surface area contributed by atoms with Crippen molar-refractivity contribution in [1.82, 2.24) is 9.38 Å². The lowest BCUT2D eigenvalue weighted by Gasteiger charge is -2.03. The molecule has 2 aromatic heterocycles. The second-order valence-corrected chi connectivity index (χ2v) is 3.88. The van der Waals surface area contributed by atoms with Gasteiger partial charge >= 0.3 is 0 Å². The first-order valence-electron chi connectivity index (χ1n) is 5.42. The Labute approximate surface area is 94.1 Å². The molecule has 0 bridgehead atoms. The number of carbonyl (C=O) groups is 1. The summed E-state index contributed by atoms with van der Waals surface area (Å²) in [6, 6.07) is 5.78. The number of pyridine rings is 1. The lowest BCUT2D eigenvalue weighted by atomic mass is 10.3. The Morgan fingerprint density at radius 3 is 2.88 bits per heavy atom. The van der Waals surface area contributed by atoms with Crippen LogP contribution in [0.25, 0.3) is 5.52 Å². The van der Waals surface area contributed by atoms with Crippen LogP contribution in [0.4, 0.5) is 0 Å². The molecule has 0 unspecified atom stereocenters. The molecule has 0 atom stereocenters. The number of nitrogens with zero attached hydrogens (tertiary/aromatic N) is 2. The molecule has 0 saturated carbocycles. The van der Waals surface area contributed by atoms with Crippen molar-refractivity contribution in [3.05, 3.63) is 35.4 Å². The predicted molar refractivity (Wildman–Crippen MR) is 62.4 cm³/mol. The summed E-state index contributed by atoms with van der Waals surface area (Å²) in [5, 5.41) is 0. The fraction of sp³-hybridized carbons (Fsp3) is 0.333. The maximum atomic E-state index is 11.3. The van der Waals surface area contributed by atoms with E-state index in [1.54, 1.807) is 0 Å². The van der Waals surface area contributed by atoms with E-state index in [0.717, 1.165) is 29.9 Å². The third kappa shape index (κ3) is 1.56. The Morgan fingerprint density at radius 1 is 1.50 bits per heavy atom. The van der Waals surface area contributed by atoms with E-state index in [-0.39, 0.29) is 0 Å². The molecule has 0 aliphatic heterocycles. The van der Waals surface area contributed by atoms with E-state index in [9.17, 15) is 4.79 Å². The van der Waals surface area contributed by atoms with Crippen LogP contribution in [0, 0.1) is 6.92 Å². The molecule has 0 fully saturated rings. The van der Waals surface area contributed by atoms with Gasteiger partial charge in [-0.2, -0.15) is 0 Å². The third-order valence-corrected chi connectivity index (χ3v) is 2.63. The van der Waals surface area contributed by atoms with E-state index in [2.05, 4.69) is 11.9 Å². The maximum absolute atomic E-state index is 11.3. The van der Waals surface area contributed by atoms with Crippen molar-refractivity contribution in [2.45, 2.75) is 26.7 Å². The van der Waals surface area contributed by atoms with Gasteiger partial charge in [-0.3, -0.25) is 4.79 Å². The quantitative estimate of drug-likeness (QED) is 0.850. The largest absolute Gasteiger partial charge is 0.364 e. The number of primary amides is 1. The van der Waals surface area contributed by atoms with Crippen LogP contribution in [0.1, 0.15) is 35.4 Å². The van der Waals surface area contributed by atoms with Crippen molar-refractivity contribution in [2.75, 3.05) is 0 Å². The summed E-state index contributed by atoms with van der Waals surface area (Å²) >= 11 is 0. The molecule has 16 heavy (non-hydrogen) atoms. The zero-order valence-electron chi connectivity index (χ0n) is 9.53. The van der Waals surface area contributed by atoms with E-state index in [1.807, 2.05) is 29.5 Å². The molecule has 4 nitrogen and oxygen atoms in total. The highest BCUT2D eigenvalue weighted by atomic mass is 16.1. The molecule has 0 aliphatic carbocycles. The molecule has 0 saturated heterocycles. The fourth-order valence-electron chi connectivity index (χ4n) is 1.95. The number of fused-ring (bicyclic) bond motifs is 1. The van der Waals surface area contributed by atoms with Crippen LogP contribution in [0.3, 0.4) is 0 Å². The van der Waals surface area contributed by atoms with Crippen molar-refractivity contribution in [3.63, 3.8) is 0 Å². The Balaban J connectivity index is 2.76. The van der Waals surface area contributed by atoms with Crippen LogP contribution in [0.5, 0.6) is 0 Å². The summed E-state index contributed by atoms with van der Waals surface area (Å²) in [4.78, 5) is 15.6. The van der Waals surface area contributed by atoms with Crippen molar-refractivity contribution in [1.29, 1.82) is 0 Å². The van der Waals surface area contributed by atoms with Crippen LogP contribution in [0.15, 0.2) is 18.2 Å². The molecule has 0 spiro atoms. The molecule has 2 heterocycles. The Morgan fingerprint density at radius 2 is 2.25 bits per heavy atom. The van der Waals surface area contributed by atoms with Gasteiger partial charge in [0.2, 0.25) is 0 Å². The van der Waals surface area contributed by atoms with Crippen LogP contribution in [0.2, 0.25) is 0 Å². The highest BCUT2D eigenvalue weighted by molar-refractivity contribution is 5.98. The van der Waals surface area contributed by atoms with E-state index >= 15 is 0 Å². The summed E-state index contributed by atoms with van der Waals surface area (Å²) in [6.07, 6.45) is 1.84. The molecule has 2 N–H and O–H groups in total. The zero-order chi connectivity index (χ0) is 11.7. The molecule has 2 aromatic rings. The van der Waals surface area contributed by atoms with Gasteiger partial charge in [0.15, 0.2) is 5.69 Å². The Hall–Kier alpha value is -1.84. The predicted octanol–water partition coefficient (Wildman–Crippen LogP) is 1.69. The number of hydrogen-bond acceptors (Lipinski definition) is 2. The molecule has 2 rings (SSSR count). The maximum Gasteiger partial charge on any atom is 0.269 e. The number of rotatable bonds is 3. The van der Waals surface area contributed by atoms with Crippen molar-refractivity contribution in [2.24, 2.45) is 5.73 Å². The van der Waals surface area contributed by atoms with Crippen LogP contribution < -0.4 is 5.73 Å². The van der Waals surface area contributed by atoms with Gasteiger partial charge < -0.3 is 10.1 Å². The smallest absolute Gasteiger partial charge is 0.269 e. The molecular formula is C12H15N3O. The van der Waals surface area contributed by atoms with Gasteiger partial charge in [0.05, 0.1) is 5.52 Å². The molecule has 84 valence electrons. The normalized spacial score (nSPS) is 10.9. The van der Waals surface area contributed by atoms with Gasteiger partial charge in [-0.1, -0.05) is 13.0 Å². The number of carbonyl (C=O) groups excluding carboxylic acids is 1. The highest BCUT2D eigenvalue weighted by Crippen LogP contribution is 2.16. The molecule has 1 amide bonds. The van der Waals surface area contributed by atoms with Gasteiger partial charge in [0, 0.05) is 12.1 Å². The highest BCUT2D eigenvalue weighted by Gasteiger charge is 2.15. The van der Waals surface area contributed by atoms with E-state index in [4.69, 9.17) is 5.73 Å². The fourth-order valence-corrected chi connectivity index (χ4v) is 1.95.